The number of benzene rings is 3. The molecule has 0 bridgehead atoms. The number of H-pyrrole nitrogens is 1. The standard InChI is InChI=1S/C28H29NO5/c1-17-6-8-18(9-7-17)26-25(21-14-20(30-2)10-11-22(21)29-26)28(15-34-16-28)19-12-23(31-3)27(33-5)24(13-19)32-4/h6-14,29H,15-16H2,1-5H3. The molecular formula is C28H29NO5. The topological polar surface area (TPSA) is 61.9 Å². The average molecular weight is 460 g/mol. The molecule has 1 aliphatic rings. The second kappa shape index (κ2) is 8.61. The fourth-order valence-electron chi connectivity index (χ4n) is 4.85. The summed E-state index contributed by atoms with van der Waals surface area (Å²) in [7, 11) is 6.58. The lowest BCUT2D eigenvalue weighted by molar-refractivity contribution is -0.0371. The third-order valence-electron chi connectivity index (χ3n) is 6.74. The third-order valence-corrected chi connectivity index (χ3v) is 6.74. The first-order valence-electron chi connectivity index (χ1n) is 11.2. The molecule has 0 atom stereocenters. The van der Waals surface area contributed by atoms with E-state index in [0.29, 0.717) is 30.5 Å². The van der Waals surface area contributed by atoms with Crippen molar-refractivity contribution in [2.45, 2.75) is 12.3 Å². The Bertz CT molecular complexity index is 1310. The van der Waals surface area contributed by atoms with Gasteiger partial charge in [-0.15, -0.1) is 0 Å². The number of rotatable bonds is 7. The summed E-state index contributed by atoms with van der Waals surface area (Å²) in [5.41, 5.74) is 6.27. The summed E-state index contributed by atoms with van der Waals surface area (Å²) in [6.45, 7) is 3.17. The number of aromatic amines is 1. The van der Waals surface area contributed by atoms with Crippen molar-refractivity contribution in [2.24, 2.45) is 0 Å². The lowest BCUT2D eigenvalue weighted by Gasteiger charge is -2.43. The molecule has 1 aliphatic heterocycles. The van der Waals surface area contributed by atoms with Gasteiger partial charge in [0.15, 0.2) is 11.5 Å². The molecule has 6 heteroatoms. The summed E-state index contributed by atoms with van der Waals surface area (Å²) in [6, 6.07) is 18.8. The summed E-state index contributed by atoms with van der Waals surface area (Å²) >= 11 is 0. The van der Waals surface area contributed by atoms with Gasteiger partial charge < -0.3 is 28.7 Å². The summed E-state index contributed by atoms with van der Waals surface area (Å²) in [6.07, 6.45) is 0. The normalized spacial score (nSPS) is 14.5. The molecule has 0 aliphatic carbocycles. The van der Waals surface area contributed by atoms with Crippen LogP contribution in [-0.2, 0) is 10.2 Å². The highest BCUT2D eigenvalue weighted by Crippen LogP contribution is 2.51. The molecule has 5 rings (SSSR count). The molecule has 34 heavy (non-hydrogen) atoms. The number of aromatic nitrogens is 1. The fourth-order valence-corrected chi connectivity index (χ4v) is 4.85. The Morgan fingerprint density at radius 2 is 1.47 bits per heavy atom. The van der Waals surface area contributed by atoms with E-state index < -0.39 is 5.41 Å². The first-order chi connectivity index (χ1) is 16.5. The van der Waals surface area contributed by atoms with E-state index in [1.165, 1.54) is 11.1 Å². The highest BCUT2D eigenvalue weighted by atomic mass is 16.5. The van der Waals surface area contributed by atoms with Crippen molar-refractivity contribution >= 4 is 10.9 Å². The Hall–Kier alpha value is -3.64. The molecule has 0 unspecified atom stereocenters. The van der Waals surface area contributed by atoms with Crippen molar-refractivity contribution in [3.8, 4) is 34.3 Å². The van der Waals surface area contributed by atoms with Crippen LogP contribution < -0.4 is 18.9 Å². The van der Waals surface area contributed by atoms with Crippen LogP contribution in [0, 0.1) is 6.92 Å². The predicted molar refractivity (Wildman–Crippen MR) is 133 cm³/mol. The average Bonchev–Trinajstić information content (AvgIpc) is 3.22. The van der Waals surface area contributed by atoms with Crippen molar-refractivity contribution in [3.63, 3.8) is 0 Å². The van der Waals surface area contributed by atoms with Crippen LogP contribution in [0.5, 0.6) is 23.0 Å². The maximum Gasteiger partial charge on any atom is 0.203 e. The van der Waals surface area contributed by atoms with Gasteiger partial charge in [0.05, 0.1) is 52.8 Å². The van der Waals surface area contributed by atoms with E-state index in [1.807, 2.05) is 18.2 Å². The van der Waals surface area contributed by atoms with Crippen molar-refractivity contribution < 1.29 is 23.7 Å². The van der Waals surface area contributed by atoms with Crippen LogP contribution in [0.1, 0.15) is 16.7 Å². The monoisotopic (exact) mass is 459 g/mol. The molecule has 0 radical (unpaired) electrons. The minimum absolute atomic E-state index is 0.405. The fraction of sp³-hybridized carbons (Fsp3) is 0.286. The number of methoxy groups -OCH3 is 4. The zero-order chi connectivity index (χ0) is 23.9. The number of hydrogen-bond acceptors (Lipinski definition) is 5. The van der Waals surface area contributed by atoms with Gasteiger partial charge in [-0.2, -0.15) is 0 Å². The lowest BCUT2D eigenvalue weighted by atomic mass is 9.71. The molecule has 4 aromatic rings. The molecule has 0 spiro atoms. The van der Waals surface area contributed by atoms with E-state index in [1.54, 1.807) is 28.4 Å². The number of hydrogen-bond donors (Lipinski definition) is 1. The number of aryl methyl sites for hydroxylation is 1. The van der Waals surface area contributed by atoms with Crippen LogP contribution in [0.4, 0.5) is 0 Å². The number of fused-ring (bicyclic) bond motifs is 1. The van der Waals surface area contributed by atoms with Gasteiger partial charge in [0, 0.05) is 16.5 Å². The third kappa shape index (κ3) is 3.37. The minimum atomic E-state index is -0.405. The highest BCUT2D eigenvalue weighted by molar-refractivity contribution is 5.94. The van der Waals surface area contributed by atoms with E-state index in [4.69, 9.17) is 23.7 Å². The van der Waals surface area contributed by atoms with Gasteiger partial charge >= 0.3 is 0 Å². The van der Waals surface area contributed by atoms with Crippen molar-refractivity contribution in [1.29, 1.82) is 0 Å². The molecule has 1 saturated heterocycles. The van der Waals surface area contributed by atoms with E-state index in [0.717, 1.165) is 33.5 Å². The highest BCUT2D eigenvalue weighted by Gasteiger charge is 2.46. The quantitative estimate of drug-likeness (QED) is 0.396. The smallest absolute Gasteiger partial charge is 0.203 e. The zero-order valence-corrected chi connectivity index (χ0v) is 20.2. The molecule has 3 aromatic carbocycles. The van der Waals surface area contributed by atoms with Crippen LogP contribution in [-0.4, -0.2) is 46.6 Å². The second-order valence-corrected chi connectivity index (χ2v) is 8.64. The second-order valence-electron chi connectivity index (χ2n) is 8.64. The van der Waals surface area contributed by atoms with Crippen LogP contribution in [0.15, 0.2) is 54.6 Å². The van der Waals surface area contributed by atoms with Crippen LogP contribution in [0.25, 0.3) is 22.2 Å². The van der Waals surface area contributed by atoms with Gasteiger partial charge in [0.25, 0.3) is 0 Å². The van der Waals surface area contributed by atoms with Gasteiger partial charge in [-0.3, -0.25) is 0 Å². The Morgan fingerprint density at radius 3 is 2.00 bits per heavy atom. The molecule has 1 aromatic heterocycles. The predicted octanol–water partition coefficient (Wildman–Crippen LogP) is 5.49. The van der Waals surface area contributed by atoms with Gasteiger partial charge in [-0.25, -0.2) is 0 Å². The van der Waals surface area contributed by atoms with Crippen molar-refractivity contribution in [1.82, 2.24) is 4.98 Å². The zero-order valence-electron chi connectivity index (χ0n) is 20.2. The van der Waals surface area contributed by atoms with Crippen LogP contribution >= 0.6 is 0 Å². The van der Waals surface area contributed by atoms with Crippen molar-refractivity contribution in [3.05, 3.63) is 71.3 Å². The Kier molecular flexibility index (Phi) is 5.62. The molecule has 0 amide bonds. The Balaban J connectivity index is 1.81. The van der Waals surface area contributed by atoms with E-state index in [9.17, 15) is 0 Å². The minimum Gasteiger partial charge on any atom is -0.497 e. The summed E-state index contributed by atoms with van der Waals surface area (Å²) in [5.74, 6) is 2.63. The van der Waals surface area contributed by atoms with Crippen molar-refractivity contribution in [2.75, 3.05) is 41.7 Å². The maximum absolute atomic E-state index is 5.88. The van der Waals surface area contributed by atoms with Crippen LogP contribution in [0.2, 0.25) is 0 Å². The Morgan fingerprint density at radius 1 is 0.794 bits per heavy atom. The van der Waals surface area contributed by atoms with Gasteiger partial charge in [0.2, 0.25) is 5.75 Å². The summed E-state index contributed by atoms with van der Waals surface area (Å²) in [5, 5.41) is 1.10. The largest absolute Gasteiger partial charge is 0.497 e. The summed E-state index contributed by atoms with van der Waals surface area (Å²) in [4.78, 5) is 3.68. The van der Waals surface area contributed by atoms with Gasteiger partial charge in [0.1, 0.15) is 5.75 Å². The van der Waals surface area contributed by atoms with E-state index >= 15 is 0 Å². The molecular weight excluding hydrogens is 430 g/mol. The van der Waals surface area contributed by atoms with E-state index in [-0.39, 0.29) is 0 Å². The summed E-state index contributed by atoms with van der Waals surface area (Å²) < 4.78 is 28.4. The van der Waals surface area contributed by atoms with Crippen LogP contribution in [0.3, 0.4) is 0 Å². The molecule has 0 saturated carbocycles. The molecule has 1 N–H and O–H groups in total. The SMILES string of the molecule is COc1ccc2[nH]c(-c3ccc(C)cc3)c(C3(c4cc(OC)c(OC)c(OC)c4)COC3)c2c1. The van der Waals surface area contributed by atoms with Gasteiger partial charge in [-0.1, -0.05) is 29.8 Å². The number of ether oxygens (including phenoxy) is 5. The molecule has 1 fully saturated rings. The molecule has 6 nitrogen and oxygen atoms in total. The molecule has 2 heterocycles. The number of nitrogens with one attached hydrogen (secondary N) is 1. The van der Waals surface area contributed by atoms with E-state index in [2.05, 4.69) is 48.3 Å². The molecule has 176 valence electrons. The lowest BCUT2D eigenvalue weighted by Crippen LogP contribution is -2.48. The first kappa shape index (κ1) is 22.2. The van der Waals surface area contributed by atoms with Gasteiger partial charge in [-0.05, 0) is 48.4 Å². The maximum atomic E-state index is 5.88. The first-order valence-corrected chi connectivity index (χ1v) is 11.2. The Labute approximate surface area is 199 Å².